The smallest absolute Gasteiger partial charge is 0.334 e. The quantitative estimate of drug-likeness (QED) is 0.600. The molecule has 4 atom stereocenters. The van der Waals surface area contributed by atoms with Crippen LogP contribution in [0.2, 0.25) is 0 Å². The second-order valence-corrected chi connectivity index (χ2v) is 6.77. The molecule has 1 fully saturated rings. The molecule has 0 radical (unpaired) electrons. The Balaban J connectivity index is 2.52. The molecular formula is C20H24O6. The molecule has 0 aromatic rings. The van der Waals surface area contributed by atoms with Crippen molar-refractivity contribution in [3.05, 3.63) is 47.1 Å². The zero-order valence-corrected chi connectivity index (χ0v) is 15.4. The van der Waals surface area contributed by atoms with E-state index in [2.05, 4.69) is 6.58 Å². The van der Waals surface area contributed by atoms with Crippen LogP contribution in [-0.4, -0.2) is 41.1 Å². The van der Waals surface area contributed by atoms with Crippen molar-refractivity contribution in [2.24, 2.45) is 5.92 Å². The summed E-state index contributed by atoms with van der Waals surface area (Å²) in [5.41, 5.74) is 1.64. The molecule has 0 spiro atoms. The van der Waals surface area contributed by atoms with Crippen LogP contribution in [0.15, 0.2) is 47.1 Å². The van der Waals surface area contributed by atoms with Gasteiger partial charge in [0.05, 0.1) is 12.0 Å². The van der Waals surface area contributed by atoms with E-state index in [4.69, 9.17) is 9.47 Å². The lowest BCUT2D eigenvalue weighted by molar-refractivity contribution is -0.157. The third-order valence-corrected chi connectivity index (χ3v) is 4.70. The number of carbonyl (C=O) groups excluding carboxylic acids is 3. The van der Waals surface area contributed by atoms with Gasteiger partial charge in [-0.25, -0.2) is 9.59 Å². The third kappa shape index (κ3) is 4.02. The van der Waals surface area contributed by atoms with Crippen LogP contribution in [-0.2, 0) is 23.9 Å². The van der Waals surface area contributed by atoms with Crippen molar-refractivity contribution >= 4 is 17.7 Å². The van der Waals surface area contributed by atoms with Crippen LogP contribution in [0.1, 0.15) is 34.1 Å². The maximum Gasteiger partial charge on any atom is 0.334 e. The van der Waals surface area contributed by atoms with Gasteiger partial charge in [0.2, 0.25) is 0 Å². The van der Waals surface area contributed by atoms with Gasteiger partial charge in [0.1, 0.15) is 0 Å². The standard InChI is InChI=1S/C20H24O6/c1-6-11(3)19(23)25-17-12(4)9-14(21)7-10(2)8-15(22)16-13(5)20(24)26-18(16)17/h6-7,9,15-18,22H,5,8H2,1-4H3. The number of allylic oxidation sites excluding steroid dienone is 3. The third-order valence-electron chi connectivity index (χ3n) is 4.70. The maximum atomic E-state index is 12.3. The van der Waals surface area contributed by atoms with Gasteiger partial charge in [0.25, 0.3) is 0 Å². The van der Waals surface area contributed by atoms with E-state index in [-0.39, 0.29) is 17.8 Å². The topological polar surface area (TPSA) is 89.9 Å². The number of esters is 2. The van der Waals surface area contributed by atoms with E-state index in [1.807, 2.05) is 0 Å². The largest absolute Gasteiger partial charge is 0.454 e. The number of ketones is 1. The molecule has 4 unspecified atom stereocenters. The van der Waals surface area contributed by atoms with Crippen molar-refractivity contribution in [2.75, 3.05) is 0 Å². The average molecular weight is 360 g/mol. The number of rotatable bonds is 2. The summed E-state index contributed by atoms with van der Waals surface area (Å²) in [5, 5.41) is 10.6. The van der Waals surface area contributed by atoms with Gasteiger partial charge >= 0.3 is 11.9 Å². The molecule has 0 amide bonds. The molecule has 140 valence electrons. The summed E-state index contributed by atoms with van der Waals surface area (Å²) >= 11 is 0. The van der Waals surface area contributed by atoms with Gasteiger partial charge in [-0.15, -0.1) is 0 Å². The van der Waals surface area contributed by atoms with Crippen LogP contribution >= 0.6 is 0 Å². The van der Waals surface area contributed by atoms with Gasteiger partial charge in [0, 0.05) is 11.1 Å². The average Bonchev–Trinajstić information content (AvgIpc) is 2.85. The first-order valence-electron chi connectivity index (χ1n) is 8.46. The van der Waals surface area contributed by atoms with E-state index in [1.165, 1.54) is 12.2 Å². The van der Waals surface area contributed by atoms with Crippen LogP contribution in [0.5, 0.6) is 0 Å². The summed E-state index contributed by atoms with van der Waals surface area (Å²) < 4.78 is 10.9. The van der Waals surface area contributed by atoms with E-state index in [9.17, 15) is 19.5 Å². The fraction of sp³-hybridized carbons (Fsp3) is 0.450. The van der Waals surface area contributed by atoms with Gasteiger partial charge in [-0.3, -0.25) is 4.79 Å². The summed E-state index contributed by atoms with van der Waals surface area (Å²) in [5.74, 6) is -2.23. The SMILES string of the molecule is C=C1C(=O)OC2C(OC(=O)C(C)=CC)C(C)=CC(=O)C=C(C)CC(O)C12. The van der Waals surface area contributed by atoms with E-state index in [0.29, 0.717) is 16.7 Å². The van der Waals surface area contributed by atoms with Crippen LogP contribution in [0.3, 0.4) is 0 Å². The van der Waals surface area contributed by atoms with Gasteiger partial charge < -0.3 is 14.6 Å². The zero-order chi connectivity index (χ0) is 19.6. The predicted octanol–water partition coefficient (Wildman–Crippen LogP) is 2.19. The molecule has 1 saturated heterocycles. The lowest BCUT2D eigenvalue weighted by Crippen LogP contribution is -2.41. The van der Waals surface area contributed by atoms with Crippen molar-refractivity contribution in [3.8, 4) is 0 Å². The highest BCUT2D eigenvalue weighted by Gasteiger charge is 2.48. The Kier molecular flexibility index (Phi) is 5.97. The molecule has 1 heterocycles. The molecule has 1 aliphatic carbocycles. The molecule has 2 rings (SSSR count). The summed E-state index contributed by atoms with van der Waals surface area (Å²) in [4.78, 5) is 36.5. The van der Waals surface area contributed by atoms with E-state index < -0.39 is 36.2 Å². The molecule has 2 aliphatic rings. The van der Waals surface area contributed by atoms with Gasteiger partial charge in [-0.1, -0.05) is 18.2 Å². The van der Waals surface area contributed by atoms with Crippen LogP contribution < -0.4 is 0 Å². The fourth-order valence-electron chi connectivity index (χ4n) is 3.16. The summed E-state index contributed by atoms with van der Waals surface area (Å²) in [6.45, 7) is 10.4. The van der Waals surface area contributed by atoms with Crippen LogP contribution in [0.4, 0.5) is 0 Å². The Morgan fingerprint density at radius 3 is 2.62 bits per heavy atom. The Morgan fingerprint density at radius 2 is 2.00 bits per heavy atom. The molecule has 0 saturated carbocycles. The fourth-order valence-corrected chi connectivity index (χ4v) is 3.16. The maximum absolute atomic E-state index is 12.3. The molecule has 1 aliphatic heterocycles. The lowest BCUT2D eigenvalue weighted by Gasteiger charge is -2.30. The van der Waals surface area contributed by atoms with E-state index in [0.717, 1.165) is 0 Å². The molecule has 0 bridgehead atoms. The molecule has 0 aromatic carbocycles. The highest BCUT2D eigenvalue weighted by Crippen LogP contribution is 2.37. The van der Waals surface area contributed by atoms with Crippen molar-refractivity contribution < 1.29 is 29.0 Å². The minimum absolute atomic E-state index is 0.138. The number of fused-ring (bicyclic) bond motifs is 1. The summed E-state index contributed by atoms with van der Waals surface area (Å²) in [6.07, 6.45) is 1.65. The van der Waals surface area contributed by atoms with E-state index >= 15 is 0 Å². The molecular weight excluding hydrogens is 336 g/mol. The number of aliphatic hydroxyl groups excluding tert-OH is 1. The van der Waals surface area contributed by atoms with Crippen molar-refractivity contribution in [1.82, 2.24) is 0 Å². The second kappa shape index (κ2) is 7.83. The Hall–Kier alpha value is -2.47. The van der Waals surface area contributed by atoms with Crippen molar-refractivity contribution in [3.63, 3.8) is 0 Å². The minimum atomic E-state index is -0.990. The molecule has 6 nitrogen and oxygen atoms in total. The van der Waals surface area contributed by atoms with Gasteiger partial charge in [0.15, 0.2) is 18.0 Å². The normalized spacial score (nSPS) is 30.2. The summed E-state index contributed by atoms with van der Waals surface area (Å²) in [7, 11) is 0. The predicted molar refractivity (Wildman–Crippen MR) is 95.0 cm³/mol. The minimum Gasteiger partial charge on any atom is -0.454 e. The van der Waals surface area contributed by atoms with Gasteiger partial charge in [-0.2, -0.15) is 0 Å². The molecule has 1 N–H and O–H groups in total. The van der Waals surface area contributed by atoms with Crippen LogP contribution in [0.25, 0.3) is 0 Å². The molecule has 6 heteroatoms. The number of hydrogen-bond acceptors (Lipinski definition) is 6. The summed E-state index contributed by atoms with van der Waals surface area (Å²) in [6, 6.07) is 0. The number of hydrogen-bond donors (Lipinski definition) is 1. The first kappa shape index (κ1) is 19.8. The molecule has 26 heavy (non-hydrogen) atoms. The van der Waals surface area contributed by atoms with Gasteiger partial charge in [-0.05, 0) is 51.8 Å². The number of aliphatic hydroxyl groups is 1. The van der Waals surface area contributed by atoms with E-state index in [1.54, 1.807) is 33.8 Å². The zero-order valence-electron chi connectivity index (χ0n) is 15.4. The Labute approximate surface area is 152 Å². The highest BCUT2D eigenvalue weighted by atomic mass is 16.6. The number of carbonyl (C=O) groups is 3. The Morgan fingerprint density at radius 1 is 1.35 bits per heavy atom. The van der Waals surface area contributed by atoms with Crippen molar-refractivity contribution in [1.29, 1.82) is 0 Å². The monoisotopic (exact) mass is 360 g/mol. The highest BCUT2D eigenvalue weighted by molar-refractivity contribution is 6.00. The first-order valence-corrected chi connectivity index (χ1v) is 8.46. The Bertz CT molecular complexity index is 739. The van der Waals surface area contributed by atoms with Crippen molar-refractivity contribution in [2.45, 2.75) is 52.4 Å². The number of ether oxygens (including phenoxy) is 2. The molecule has 0 aromatic heterocycles. The first-order chi connectivity index (χ1) is 12.1. The second-order valence-electron chi connectivity index (χ2n) is 6.77. The lowest BCUT2D eigenvalue weighted by atomic mass is 9.83. The van der Waals surface area contributed by atoms with Crippen LogP contribution in [0, 0.1) is 5.92 Å².